The van der Waals surface area contributed by atoms with Crippen molar-refractivity contribution in [3.05, 3.63) is 59.9 Å². The normalized spacial score (nSPS) is 22.2. The highest BCUT2D eigenvalue weighted by atomic mass is 16.5. The molecule has 1 unspecified atom stereocenters. The smallest absolute Gasteiger partial charge is 0.124 e. The van der Waals surface area contributed by atoms with Gasteiger partial charge in [-0.2, -0.15) is 0 Å². The highest BCUT2D eigenvalue weighted by molar-refractivity contribution is 5.33. The molecular weight excluding hydrogens is 312 g/mol. The van der Waals surface area contributed by atoms with Gasteiger partial charge in [0.1, 0.15) is 5.75 Å². The Morgan fingerprint density at radius 2 is 2.00 bits per heavy atom. The van der Waals surface area contributed by atoms with Gasteiger partial charge in [0.05, 0.1) is 18.8 Å². The summed E-state index contributed by atoms with van der Waals surface area (Å²) in [6, 6.07) is 12.6. The van der Waals surface area contributed by atoms with E-state index in [1.807, 2.05) is 12.3 Å². The SMILES string of the molecule is c1cncc(C2CN(Cc3ccccc3OC3CCCC3)CCO2)c1. The molecule has 1 aliphatic heterocycles. The monoisotopic (exact) mass is 338 g/mol. The second-order valence-electron chi connectivity index (χ2n) is 7.01. The molecule has 1 saturated heterocycles. The van der Waals surface area contributed by atoms with Gasteiger partial charge in [-0.05, 0) is 37.8 Å². The van der Waals surface area contributed by atoms with Gasteiger partial charge in [-0.15, -0.1) is 0 Å². The molecule has 1 atom stereocenters. The van der Waals surface area contributed by atoms with Gasteiger partial charge in [-0.1, -0.05) is 24.3 Å². The van der Waals surface area contributed by atoms with E-state index in [4.69, 9.17) is 9.47 Å². The Morgan fingerprint density at radius 3 is 2.84 bits per heavy atom. The average molecular weight is 338 g/mol. The van der Waals surface area contributed by atoms with Gasteiger partial charge in [0.15, 0.2) is 0 Å². The zero-order valence-corrected chi connectivity index (χ0v) is 14.6. The Hall–Kier alpha value is -1.91. The number of aromatic nitrogens is 1. The van der Waals surface area contributed by atoms with Gasteiger partial charge in [0.2, 0.25) is 0 Å². The fourth-order valence-electron chi connectivity index (χ4n) is 3.79. The molecular formula is C21H26N2O2. The number of hydrogen-bond acceptors (Lipinski definition) is 4. The molecule has 1 aliphatic carbocycles. The van der Waals surface area contributed by atoms with Gasteiger partial charge in [-0.3, -0.25) is 9.88 Å². The topological polar surface area (TPSA) is 34.6 Å². The molecule has 4 rings (SSSR count). The number of rotatable bonds is 5. The van der Waals surface area contributed by atoms with Gasteiger partial charge < -0.3 is 9.47 Å². The first-order valence-corrected chi connectivity index (χ1v) is 9.37. The van der Waals surface area contributed by atoms with E-state index in [9.17, 15) is 0 Å². The molecule has 1 saturated carbocycles. The molecule has 2 aromatic rings. The van der Waals surface area contributed by atoms with Crippen LogP contribution < -0.4 is 4.74 Å². The fraction of sp³-hybridized carbons (Fsp3) is 0.476. The van der Waals surface area contributed by atoms with E-state index >= 15 is 0 Å². The van der Waals surface area contributed by atoms with E-state index in [0.717, 1.165) is 37.6 Å². The molecule has 0 bridgehead atoms. The molecule has 0 amide bonds. The van der Waals surface area contributed by atoms with Crippen molar-refractivity contribution in [3.8, 4) is 5.75 Å². The summed E-state index contributed by atoms with van der Waals surface area (Å²) in [6.45, 7) is 3.51. The highest BCUT2D eigenvalue weighted by Crippen LogP contribution is 2.29. The molecule has 1 aromatic heterocycles. The van der Waals surface area contributed by atoms with Crippen molar-refractivity contribution in [2.24, 2.45) is 0 Å². The maximum Gasteiger partial charge on any atom is 0.124 e. The molecule has 2 aliphatic rings. The van der Waals surface area contributed by atoms with Crippen LogP contribution in [0.5, 0.6) is 5.75 Å². The minimum absolute atomic E-state index is 0.102. The third-order valence-corrected chi connectivity index (χ3v) is 5.17. The molecule has 0 spiro atoms. The van der Waals surface area contributed by atoms with Crippen molar-refractivity contribution >= 4 is 0 Å². The first-order chi connectivity index (χ1) is 12.4. The summed E-state index contributed by atoms with van der Waals surface area (Å²) >= 11 is 0. The highest BCUT2D eigenvalue weighted by Gasteiger charge is 2.23. The molecule has 132 valence electrons. The zero-order valence-electron chi connectivity index (χ0n) is 14.6. The van der Waals surface area contributed by atoms with Gasteiger partial charge in [0.25, 0.3) is 0 Å². The van der Waals surface area contributed by atoms with Crippen LogP contribution in [-0.2, 0) is 11.3 Å². The largest absolute Gasteiger partial charge is 0.490 e. The van der Waals surface area contributed by atoms with Crippen molar-refractivity contribution < 1.29 is 9.47 Å². The molecule has 2 heterocycles. The lowest BCUT2D eigenvalue weighted by Crippen LogP contribution is -2.38. The molecule has 4 heteroatoms. The number of pyridine rings is 1. The lowest BCUT2D eigenvalue weighted by molar-refractivity contribution is -0.0333. The summed E-state index contributed by atoms with van der Waals surface area (Å²) in [6.07, 6.45) is 9.18. The Labute approximate surface area is 149 Å². The minimum Gasteiger partial charge on any atom is -0.490 e. The first kappa shape index (κ1) is 16.6. The van der Waals surface area contributed by atoms with Crippen molar-refractivity contribution in [1.29, 1.82) is 0 Å². The Morgan fingerprint density at radius 1 is 1.12 bits per heavy atom. The summed E-state index contributed by atoms with van der Waals surface area (Å²) in [5.74, 6) is 1.05. The summed E-state index contributed by atoms with van der Waals surface area (Å²) in [5.41, 5.74) is 2.43. The van der Waals surface area contributed by atoms with Crippen molar-refractivity contribution in [1.82, 2.24) is 9.88 Å². The second-order valence-corrected chi connectivity index (χ2v) is 7.01. The molecule has 2 fully saturated rings. The summed E-state index contributed by atoms with van der Waals surface area (Å²) in [5, 5.41) is 0. The van der Waals surface area contributed by atoms with Crippen LogP contribution in [0.15, 0.2) is 48.8 Å². The standard InChI is InChI=1S/C21H26N2O2/c1-4-10-20(25-19-8-2-3-9-19)18(6-1)15-23-12-13-24-21(16-23)17-7-5-11-22-14-17/h1,4-7,10-11,14,19,21H,2-3,8-9,12-13,15-16H2. The predicted molar refractivity (Wildman–Crippen MR) is 97.5 cm³/mol. The van der Waals surface area contributed by atoms with E-state index < -0.39 is 0 Å². The van der Waals surface area contributed by atoms with Crippen LogP contribution in [0.2, 0.25) is 0 Å². The van der Waals surface area contributed by atoms with E-state index in [-0.39, 0.29) is 6.10 Å². The third kappa shape index (κ3) is 4.20. The summed E-state index contributed by atoms with van der Waals surface area (Å²) < 4.78 is 12.2. The van der Waals surface area contributed by atoms with Gasteiger partial charge in [0, 0.05) is 43.2 Å². The molecule has 0 radical (unpaired) electrons. The van der Waals surface area contributed by atoms with Crippen molar-refractivity contribution in [3.63, 3.8) is 0 Å². The van der Waals surface area contributed by atoms with Crippen LogP contribution in [0.1, 0.15) is 42.9 Å². The van der Waals surface area contributed by atoms with Crippen LogP contribution in [0.25, 0.3) is 0 Å². The number of morpholine rings is 1. The van der Waals surface area contributed by atoms with Gasteiger partial charge >= 0.3 is 0 Å². The maximum absolute atomic E-state index is 6.29. The van der Waals surface area contributed by atoms with Gasteiger partial charge in [-0.25, -0.2) is 0 Å². The van der Waals surface area contributed by atoms with Crippen LogP contribution in [0.4, 0.5) is 0 Å². The van der Waals surface area contributed by atoms with E-state index in [0.29, 0.717) is 6.10 Å². The lowest BCUT2D eigenvalue weighted by atomic mass is 10.1. The van der Waals surface area contributed by atoms with E-state index in [2.05, 4.69) is 40.2 Å². The van der Waals surface area contributed by atoms with Crippen LogP contribution in [0, 0.1) is 0 Å². The zero-order chi connectivity index (χ0) is 16.9. The molecule has 25 heavy (non-hydrogen) atoms. The number of para-hydroxylation sites is 1. The summed E-state index contributed by atoms with van der Waals surface area (Å²) in [7, 11) is 0. The third-order valence-electron chi connectivity index (χ3n) is 5.17. The Bertz CT molecular complexity index is 671. The Balaban J connectivity index is 1.43. The second kappa shape index (κ2) is 7.98. The van der Waals surface area contributed by atoms with E-state index in [1.165, 1.54) is 31.2 Å². The first-order valence-electron chi connectivity index (χ1n) is 9.37. The Kier molecular flexibility index (Phi) is 5.28. The number of nitrogens with zero attached hydrogens (tertiary/aromatic N) is 2. The van der Waals surface area contributed by atoms with Crippen molar-refractivity contribution in [2.45, 2.75) is 44.4 Å². The predicted octanol–water partition coefficient (Wildman–Crippen LogP) is 3.98. The average Bonchev–Trinajstić information content (AvgIpc) is 3.17. The molecule has 1 aromatic carbocycles. The number of benzene rings is 1. The minimum atomic E-state index is 0.102. The number of ether oxygens (including phenoxy) is 2. The summed E-state index contributed by atoms with van der Waals surface area (Å²) in [4.78, 5) is 6.68. The quantitative estimate of drug-likeness (QED) is 0.826. The van der Waals surface area contributed by atoms with Crippen LogP contribution in [-0.4, -0.2) is 35.7 Å². The maximum atomic E-state index is 6.29. The van der Waals surface area contributed by atoms with E-state index in [1.54, 1.807) is 6.20 Å². The molecule has 4 nitrogen and oxygen atoms in total. The fourth-order valence-corrected chi connectivity index (χ4v) is 3.79. The number of hydrogen-bond donors (Lipinski definition) is 0. The molecule has 0 N–H and O–H groups in total. The lowest BCUT2D eigenvalue weighted by Gasteiger charge is -2.33. The van der Waals surface area contributed by atoms with Crippen molar-refractivity contribution in [2.75, 3.05) is 19.7 Å². The van der Waals surface area contributed by atoms with Crippen LogP contribution >= 0.6 is 0 Å². The van der Waals surface area contributed by atoms with Crippen LogP contribution in [0.3, 0.4) is 0 Å².